The van der Waals surface area contributed by atoms with Crippen LogP contribution in [0.3, 0.4) is 0 Å². The van der Waals surface area contributed by atoms with Crippen molar-refractivity contribution in [2.75, 3.05) is 34.5 Å². The molecular weight excluding hydrogens is 496 g/mol. The lowest BCUT2D eigenvalue weighted by Crippen LogP contribution is -2.39. The summed E-state index contributed by atoms with van der Waals surface area (Å²) in [7, 11) is 4.39. The zero-order chi connectivity index (χ0) is 26.5. The van der Waals surface area contributed by atoms with E-state index >= 15 is 0 Å². The summed E-state index contributed by atoms with van der Waals surface area (Å²) in [6.45, 7) is 4.65. The molecule has 9 nitrogen and oxygen atoms in total. The minimum absolute atomic E-state index is 0.229. The van der Waals surface area contributed by atoms with E-state index in [-0.39, 0.29) is 11.1 Å². The SMILES string of the molecule is CCOc1ccc([C@H]2C(C(=O)OC)=CN=c3s/c(=C/c4cccc(OC)c4OC)c(=O)n32)cc1OCC. The van der Waals surface area contributed by atoms with Crippen LogP contribution in [0.2, 0.25) is 0 Å². The number of para-hydroxylation sites is 1. The van der Waals surface area contributed by atoms with Gasteiger partial charge in [-0.2, -0.15) is 0 Å². The normalized spacial score (nSPS) is 14.8. The lowest BCUT2D eigenvalue weighted by atomic mass is 9.97. The lowest BCUT2D eigenvalue weighted by molar-refractivity contribution is -0.136. The second-order valence-electron chi connectivity index (χ2n) is 7.83. The third-order valence-electron chi connectivity index (χ3n) is 5.73. The topological polar surface area (TPSA) is 97.6 Å². The summed E-state index contributed by atoms with van der Waals surface area (Å²) in [6, 6.07) is 10.0. The van der Waals surface area contributed by atoms with E-state index in [9.17, 15) is 9.59 Å². The number of methoxy groups -OCH3 is 3. The van der Waals surface area contributed by atoms with Gasteiger partial charge in [0.15, 0.2) is 27.8 Å². The van der Waals surface area contributed by atoms with Crippen LogP contribution in [0.1, 0.15) is 31.0 Å². The van der Waals surface area contributed by atoms with E-state index in [4.69, 9.17) is 23.7 Å². The van der Waals surface area contributed by atoms with Gasteiger partial charge in [-0.15, -0.1) is 0 Å². The lowest BCUT2D eigenvalue weighted by Gasteiger charge is -2.23. The van der Waals surface area contributed by atoms with Gasteiger partial charge >= 0.3 is 5.97 Å². The monoisotopic (exact) mass is 524 g/mol. The second-order valence-corrected chi connectivity index (χ2v) is 8.84. The summed E-state index contributed by atoms with van der Waals surface area (Å²) in [6.07, 6.45) is 3.18. The molecule has 2 aromatic carbocycles. The minimum atomic E-state index is -0.770. The molecule has 0 radical (unpaired) electrons. The highest BCUT2D eigenvalue weighted by Gasteiger charge is 2.31. The molecule has 194 valence electrons. The Morgan fingerprint density at radius 1 is 1.03 bits per heavy atom. The molecule has 1 aliphatic rings. The molecule has 10 heteroatoms. The van der Waals surface area contributed by atoms with E-state index in [1.807, 2.05) is 32.0 Å². The van der Waals surface area contributed by atoms with Crippen LogP contribution in [0.25, 0.3) is 6.08 Å². The highest BCUT2D eigenvalue weighted by Crippen LogP contribution is 2.35. The van der Waals surface area contributed by atoms with Crippen molar-refractivity contribution in [3.05, 3.63) is 79.0 Å². The maximum atomic E-state index is 13.8. The van der Waals surface area contributed by atoms with E-state index in [0.717, 1.165) is 0 Å². The molecule has 0 N–H and O–H groups in total. The van der Waals surface area contributed by atoms with Crippen LogP contribution in [0, 0.1) is 0 Å². The molecule has 0 spiro atoms. The first-order valence-electron chi connectivity index (χ1n) is 11.7. The Hall–Kier alpha value is -4.05. The van der Waals surface area contributed by atoms with Crippen LogP contribution in [0.15, 0.2) is 58.0 Å². The number of thiazole rings is 1. The quantitative estimate of drug-likeness (QED) is 0.397. The Bertz CT molecular complexity index is 1520. The van der Waals surface area contributed by atoms with Crippen molar-refractivity contribution in [3.8, 4) is 23.0 Å². The van der Waals surface area contributed by atoms with E-state index in [0.29, 0.717) is 56.7 Å². The molecule has 37 heavy (non-hydrogen) atoms. The highest BCUT2D eigenvalue weighted by atomic mass is 32.1. The van der Waals surface area contributed by atoms with Gasteiger partial charge in [0.05, 0.1) is 50.7 Å². The first-order valence-corrected chi connectivity index (χ1v) is 12.5. The van der Waals surface area contributed by atoms with Gasteiger partial charge in [0.1, 0.15) is 0 Å². The molecule has 0 bridgehead atoms. The highest BCUT2D eigenvalue weighted by molar-refractivity contribution is 7.07. The van der Waals surface area contributed by atoms with Gasteiger partial charge in [0.2, 0.25) is 0 Å². The number of ether oxygens (including phenoxy) is 5. The van der Waals surface area contributed by atoms with Crippen LogP contribution >= 0.6 is 11.3 Å². The Morgan fingerprint density at radius 2 is 1.78 bits per heavy atom. The molecule has 1 atom stereocenters. The summed E-state index contributed by atoms with van der Waals surface area (Å²) in [5, 5.41) is 0. The van der Waals surface area contributed by atoms with Gasteiger partial charge in [-0.1, -0.05) is 29.5 Å². The third kappa shape index (κ3) is 4.97. The van der Waals surface area contributed by atoms with Crippen molar-refractivity contribution in [3.63, 3.8) is 0 Å². The van der Waals surface area contributed by atoms with Crippen LogP contribution < -0.4 is 33.8 Å². The Labute approximate surface area is 217 Å². The molecule has 0 amide bonds. The van der Waals surface area contributed by atoms with Crippen molar-refractivity contribution >= 4 is 23.4 Å². The predicted molar refractivity (Wildman–Crippen MR) is 139 cm³/mol. The molecular formula is C27H28N2O7S. The number of carbonyl (C=O) groups excluding carboxylic acids is 1. The van der Waals surface area contributed by atoms with E-state index in [1.165, 1.54) is 29.2 Å². The number of aromatic nitrogens is 1. The average Bonchev–Trinajstić information content (AvgIpc) is 3.23. The van der Waals surface area contributed by atoms with Gasteiger partial charge in [0, 0.05) is 11.8 Å². The first-order chi connectivity index (χ1) is 18.0. The largest absolute Gasteiger partial charge is 0.493 e. The van der Waals surface area contributed by atoms with Crippen molar-refractivity contribution in [1.29, 1.82) is 0 Å². The van der Waals surface area contributed by atoms with Gasteiger partial charge in [-0.05, 0) is 43.7 Å². The number of rotatable bonds is 9. The fraction of sp³-hybridized carbons (Fsp3) is 0.296. The van der Waals surface area contributed by atoms with Crippen molar-refractivity contribution in [2.45, 2.75) is 19.9 Å². The van der Waals surface area contributed by atoms with Crippen LogP contribution in [0.5, 0.6) is 23.0 Å². The van der Waals surface area contributed by atoms with E-state index in [2.05, 4.69) is 4.99 Å². The van der Waals surface area contributed by atoms with Gasteiger partial charge in [-0.25, -0.2) is 9.79 Å². The second kappa shape index (κ2) is 11.3. The Kier molecular flexibility index (Phi) is 7.98. The van der Waals surface area contributed by atoms with Crippen molar-refractivity contribution in [2.24, 2.45) is 4.99 Å². The Balaban J connectivity index is 1.93. The molecule has 1 aliphatic heterocycles. The Morgan fingerprint density at radius 3 is 2.46 bits per heavy atom. The van der Waals surface area contributed by atoms with Crippen molar-refractivity contribution < 1.29 is 28.5 Å². The molecule has 3 aromatic rings. The molecule has 0 saturated heterocycles. The van der Waals surface area contributed by atoms with Crippen LogP contribution in [-0.4, -0.2) is 45.1 Å². The first kappa shape index (κ1) is 26.0. The number of benzene rings is 2. The number of esters is 1. The molecule has 0 aliphatic carbocycles. The molecule has 0 unspecified atom stereocenters. The summed E-state index contributed by atoms with van der Waals surface area (Å²) >= 11 is 1.21. The summed E-state index contributed by atoms with van der Waals surface area (Å²) in [5.41, 5.74) is 1.26. The van der Waals surface area contributed by atoms with Gasteiger partial charge in [-0.3, -0.25) is 9.36 Å². The number of fused-ring (bicyclic) bond motifs is 1. The van der Waals surface area contributed by atoms with E-state index in [1.54, 1.807) is 38.5 Å². The molecule has 0 saturated carbocycles. The maximum Gasteiger partial charge on any atom is 0.337 e. The zero-order valence-electron chi connectivity index (χ0n) is 21.3. The molecule has 4 rings (SSSR count). The fourth-order valence-electron chi connectivity index (χ4n) is 4.15. The smallest absolute Gasteiger partial charge is 0.337 e. The third-order valence-corrected chi connectivity index (χ3v) is 6.73. The zero-order valence-corrected chi connectivity index (χ0v) is 22.1. The summed E-state index contributed by atoms with van der Waals surface area (Å²) in [5.74, 6) is 1.58. The molecule has 1 aromatic heterocycles. The number of nitrogens with zero attached hydrogens (tertiary/aromatic N) is 2. The summed E-state index contributed by atoms with van der Waals surface area (Å²) in [4.78, 5) is 31.4. The molecule has 0 fully saturated rings. The average molecular weight is 525 g/mol. The standard InChI is InChI=1S/C27H28N2O7S/c1-6-35-19-12-11-16(13-21(19)36-7-2)23-18(26(31)34-5)15-28-27-29(23)25(30)22(37-27)14-17-9-8-10-20(32-3)24(17)33-4/h8-15,23H,6-7H2,1-5H3/b22-14+/t23-/m0/s1. The van der Waals surface area contributed by atoms with E-state index < -0.39 is 12.0 Å². The van der Waals surface area contributed by atoms with Crippen LogP contribution in [-0.2, 0) is 9.53 Å². The predicted octanol–water partition coefficient (Wildman–Crippen LogP) is 2.83. The molecule has 2 heterocycles. The number of hydrogen-bond acceptors (Lipinski definition) is 9. The minimum Gasteiger partial charge on any atom is -0.493 e. The number of hydrogen-bond donors (Lipinski definition) is 0. The number of carbonyl (C=O) groups is 1. The fourth-order valence-corrected chi connectivity index (χ4v) is 5.11. The maximum absolute atomic E-state index is 13.8. The van der Waals surface area contributed by atoms with Crippen LogP contribution in [0.4, 0.5) is 0 Å². The van der Waals surface area contributed by atoms with Gasteiger partial charge in [0.25, 0.3) is 5.56 Å². The van der Waals surface area contributed by atoms with Crippen molar-refractivity contribution in [1.82, 2.24) is 4.57 Å². The summed E-state index contributed by atoms with van der Waals surface area (Å²) < 4.78 is 29.3. The van der Waals surface area contributed by atoms with Gasteiger partial charge < -0.3 is 23.7 Å².